The number of rotatable bonds is 4. The van der Waals surface area contributed by atoms with Crippen LogP contribution in [0.1, 0.15) is 44.3 Å². The quantitative estimate of drug-likeness (QED) is 0.743. The molecule has 0 amide bonds. The molecule has 0 aliphatic carbocycles. The van der Waals surface area contributed by atoms with Crippen LogP contribution in [0.4, 0.5) is 0 Å². The predicted octanol–water partition coefficient (Wildman–Crippen LogP) is 1.47. The lowest BCUT2D eigenvalue weighted by atomic mass is 10.0. The van der Waals surface area contributed by atoms with Crippen LogP contribution in [-0.4, -0.2) is 15.2 Å². The summed E-state index contributed by atoms with van der Waals surface area (Å²) in [6, 6.07) is 0. The molecule has 0 atom stereocenters. The first-order valence-electron chi connectivity index (χ1n) is 4.25. The number of aliphatic hydroxyl groups excluding tert-OH is 1. The first-order valence-corrected chi connectivity index (χ1v) is 4.25. The van der Waals surface area contributed by atoms with Gasteiger partial charge in [0.1, 0.15) is 6.61 Å². The lowest BCUT2D eigenvalue weighted by molar-refractivity contribution is 0.222. The lowest BCUT2D eigenvalue weighted by Gasteiger charge is -2.04. The van der Waals surface area contributed by atoms with E-state index in [9.17, 15) is 0 Å². The molecule has 1 N–H and O–H groups in total. The first-order chi connectivity index (χ1) is 5.81. The summed E-state index contributed by atoms with van der Waals surface area (Å²) in [5.74, 6) is 1.37. The van der Waals surface area contributed by atoms with Gasteiger partial charge in [0.05, 0.1) is 0 Å². The van der Waals surface area contributed by atoms with Crippen LogP contribution >= 0.6 is 0 Å². The highest BCUT2D eigenvalue weighted by Crippen LogP contribution is 2.19. The molecule has 0 aromatic carbocycles. The molecule has 1 rings (SSSR count). The van der Waals surface area contributed by atoms with Crippen LogP contribution in [0.15, 0.2) is 4.52 Å². The van der Waals surface area contributed by atoms with Crippen molar-refractivity contribution in [2.24, 2.45) is 0 Å². The van der Waals surface area contributed by atoms with Crippen molar-refractivity contribution >= 4 is 0 Å². The second kappa shape index (κ2) is 4.21. The number of nitrogens with zero attached hydrogens (tertiary/aromatic N) is 2. The number of aromatic nitrogens is 2. The van der Waals surface area contributed by atoms with Gasteiger partial charge in [0.2, 0.25) is 0 Å². The zero-order chi connectivity index (χ0) is 8.97. The zero-order valence-corrected chi connectivity index (χ0v) is 7.45. The van der Waals surface area contributed by atoms with Gasteiger partial charge < -0.3 is 9.63 Å². The molecular formula is C8H14N2O2. The van der Waals surface area contributed by atoms with Crippen molar-refractivity contribution in [1.29, 1.82) is 0 Å². The number of hydrogen-bond acceptors (Lipinski definition) is 4. The fourth-order valence-corrected chi connectivity index (χ4v) is 1.15. The SMILES string of the molecule is CCC(CC)c1noc(CO)n1. The molecule has 0 radical (unpaired) electrons. The van der Waals surface area contributed by atoms with Crippen molar-refractivity contribution in [1.82, 2.24) is 10.1 Å². The van der Waals surface area contributed by atoms with Crippen molar-refractivity contribution in [3.8, 4) is 0 Å². The average Bonchev–Trinajstić information content (AvgIpc) is 2.55. The van der Waals surface area contributed by atoms with Crippen molar-refractivity contribution in [3.05, 3.63) is 11.7 Å². The minimum atomic E-state index is -0.173. The summed E-state index contributed by atoms with van der Waals surface area (Å²) in [5.41, 5.74) is 0. The molecule has 0 unspecified atom stereocenters. The highest BCUT2D eigenvalue weighted by atomic mass is 16.5. The second-order valence-corrected chi connectivity index (χ2v) is 2.72. The molecule has 0 fully saturated rings. The van der Waals surface area contributed by atoms with Gasteiger partial charge in [0, 0.05) is 5.92 Å². The molecular weight excluding hydrogens is 156 g/mol. The van der Waals surface area contributed by atoms with Crippen LogP contribution in [0.2, 0.25) is 0 Å². The van der Waals surface area contributed by atoms with Gasteiger partial charge in [-0.25, -0.2) is 0 Å². The molecule has 68 valence electrons. The van der Waals surface area contributed by atoms with Gasteiger partial charge in [-0.3, -0.25) is 0 Å². The Kier molecular flexibility index (Phi) is 3.22. The summed E-state index contributed by atoms with van der Waals surface area (Å²) in [7, 11) is 0. The van der Waals surface area contributed by atoms with Crippen LogP contribution in [0.25, 0.3) is 0 Å². The van der Waals surface area contributed by atoms with E-state index in [1.54, 1.807) is 0 Å². The summed E-state index contributed by atoms with van der Waals surface area (Å²) in [6.45, 7) is 4.00. The highest BCUT2D eigenvalue weighted by molar-refractivity contribution is 4.93. The van der Waals surface area contributed by atoms with Gasteiger partial charge in [-0.05, 0) is 12.8 Å². The molecule has 0 bridgehead atoms. The third kappa shape index (κ3) is 1.82. The van der Waals surface area contributed by atoms with E-state index in [0.29, 0.717) is 17.6 Å². The lowest BCUT2D eigenvalue weighted by Crippen LogP contribution is -1.98. The molecule has 0 aliphatic rings. The monoisotopic (exact) mass is 170 g/mol. The van der Waals surface area contributed by atoms with Gasteiger partial charge in [-0.2, -0.15) is 4.98 Å². The standard InChI is InChI=1S/C8H14N2O2/c1-3-6(4-2)8-9-7(5-11)12-10-8/h6,11H,3-5H2,1-2H3. The third-order valence-electron chi connectivity index (χ3n) is 1.97. The number of hydrogen-bond donors (Lipinski definition) is 1. The summed E-state index contributed by atoms with van der Waals surface area (Å²) in [4.78, 5) is 4.04. The van der Waals surface area contributed by atoms with Crippen molar-refractivity contribution in [3.63, 3.8) is 0 Å². The van der Waals surface area contributed by atoms with E-state index >= 15 is 0 Å². The fraction of sp³-hybridized carbons (Fsp3) is 0.750. The van der Waals surface area contributed by atoms with Crippen molar-refractivity contribution < 1.29 is 9.63 Å². The molecule has 12 heavy (non-hydrogen) atoms. The largest absolute Gasteiger partial charge is 0.387 e. The van der Waals surface area contributed by atoms with Gasteiger partial charge in [0.15, 0.2) is 5.82 Å². The minimum absolute atomic E-state index is 0.173. The van der Waals surface area contributed by atoms with E-state index in [4.69, 9.17) is 9.63 Å². The Labute approximate surface area is 71.6 Å². The molecule has 1 heterocycles. The van der Waals surface area contributed by atoms with E-state index in [1.165, 1.54) is 0 Å². The summed E-state index contributed by atoms with van der Waals surface area (Å²) in [6.07, 6.45) is 2.00. The Bertz CT molecular complexity index is 231. The van der Waals surface area contributed by atoms with Crippen molar-refractivity contribution in [2.45, 2.75) is 39.2 Å². The van der Waals surface area contributed by atoms with Gasteiger partial charge >= 0.3 is 0 Å². The molecule has 1 aromatic rings. The maximum atomic E-state index is 8.68. The Morgan fingerprint density at radius 3 is 2.50 bits per heavy atom. The Morgan fingerprint density at radius 2 is 2.08 bits per heavy atom. The second-order valence-electron chi connectivity index (χ2n) is 2.72. The fourth-order valence-electron chi connectivity index (χ4n) is 1.15. The Hall–Kier alpha value is -0.900. The van der Waals surface area contributed by atoms with E-state index in [0.717, 1.165) is 12.8 Å². The summed E-state index contributed by atoms with van der Waals surface area (Å²) >= 11 is 0. The Balaban J connectivity index is 2.72. The smallest absolute Gasteiger partial charge is 0.252 e. The predicted molar refractivity (Wildman–Crippen MR) is 43.5 cm³/mol. The molecule has 4 nitrogen and oxygen atoms in total. The van der Waals surface area contributed by atoms with Gasteiger partial charge in [-0.15, -0.1) is 0 Å². The third-order valence-corrected chi connectivity index (χ3v) is 1.97. The van der Waals surface area contributed by atoms with Crippen LogP contribution in [-0.2, 0) is 6.61 Å². The van der Waals surface area contributed by atoms with Gasteiger partial charge in [0.25, 0.3) is 5.89 Å². The van der Waals surface area contributed by atoms with Gasteiger partial charge in [-0.1, -0.05) is 19.0 Å². The zero-order valence-electron chi connectivity index (χ0n) is 7.45. The maximum absolute atomic E-state index is 8.68. The van der Waals surface area contributed by atoms with E-state index in [-0.39, 0.29) is 6.61 Å². The molecule has 4 heteroatoms. The van der Waals surface area contributed by atoms with Crippen LogP contribution in [0.3, 0.4) is 0 Å². The normalized spacial score (nSPS) is 11.0. The average molecular weight is 170 g/mol. The Morgan fingerprint density at radius 1 is 1.42 bits per heavy atom. The molecule has 0 aliphatic heterocycles. The van der Waals surface area contributed by atoms with Crippen molar-refractivity contribution in [2.75, 3.05) is 0 Å². The minimum Gasteiger partial charge on any atom is -0.387 e. The number of aliphatic hydroxyl groups is 1. The molecule has 0 spiro atoms. The maximum Gasteiger partial charge on any atom is 0.252 e. The highest BCUT2D eigenvalue weighted by Gasteiger charge is 2.13. The molecule has 0 saturated carbocycles. The topological polar surface area (TPSA) is 59.2 Å². The van der Waals surface area contributed by atoms with E-state index < -0.39 is 0 Å². The van der Waals surface area contributed by atoms with Crippen LogP contribution < -0.4 is 0 Å². The first kappa shape index (κ1) is 9.19. The summed E-state index contributed by atoms with van der Waals surface area (Å²) < 4.78 is 4.79. The van der Waals surface area contributed by atoms with E-state index in [2.05, 4.69) is 24.0 Å². The molecule has 1 aromatic heterocycles. The van der Waals surface area contributed by atoms with Crippen LogP contribution in [0.5, 0.6) is 0 Å². The molecule has 0 saturated heterocycles. The van der Waals surface area contributed by atoms with Crippen LogP contribution in [0, 0.1) is 0 Å². The van der Waals surface area contributed by atoms with E-state index in [1.807, 2.05) is 0 Å². The summed E-state index contributed by atoms with van der Waals surface area (Å²) in [5, 5.41) is 12.5.